The number of carbonyl (C=O) groups excluding carboxylic acids is 1. The molecule has 1 saturated heterocycles. The van der Waals surface area contributed by atoms with E-state index < -0.39 is 23.5 Å². The number of hydrogen-bond acceptors (Lipinski definition) is 3. The summed E-state index contributed by atoms with van der Waals surface area (Å²) in [4.78, 5) is 11.8. The van der Waals surface area contributed by atoms with E-state index in [1.165, 1.54) is 0 Å². The minimum atomic E-state index is -0.709. The Labute approximate surface area is 91.4 Å². The van der Waals surface area contributed by atoms with Gasteiger partial charge in [-0.3, -0.25) is 4.79 Å². The summed E-state index contributed by atoms with van der Waals surface area (Å²) in [6, 6.07) is 2.25. The lowest BCUT2D eigenvalue weighted by atomic mass is 10.0. The minimum Gasteiger partial charge on any atom is -0.378 e. The molecule has 0 aliphatic carbocycles. The average molecular weight is 227 g/mol. The first-order valence-electron chi connectivity index (χ1n) is 4.99. The molecule has 1 aromatic carbocycles. The highest BCUT2D eigenvalue weighted by Crippen LogP contribution is 2.13. The van der Waals surface area contributed by atoms with Crippen LogP contribution >= 0.6 is 0 Å². The number of ether oxygens (including phenoxy) is 1. The number of carbonyl (C=O) groups is 1. The molecule has 1 atom stereocenters. The zero-order valence-electron chi connectivity index (χ0n) is 8.50. The highest BCUT2D eigenvalue weighted by Gasteiger charge is 2.25. The van der Waals surface area contributed by atoms with Gasteiger partial charge in [0.15, 0.2) is 5.78 Å². The number of halogens is 2. The van der Waals surface area contributed by atoms with Gasteiger partial charge in [0.1, 0.15) is 11.6 Å². The Balaban J connectivity index is 2.22. The van der Waals surface area contributed by atoms with E-state index in [2.05, 4.69) is 5.32 Å². The van der Waals surface area contributed by atoms with E-state index in [0.29, 0.717) is 13.2 Å². The van der Waals surface area contributed by atoms with E-state index in [0.717, 1.165) is 18.2 Å². The first-order chi connectivity index (χ1) is 7.68. The summed E-state index contributed by atoms with van der Waals surface area (Å²) >= 11 is 0. The highest BCUT2D eigenvalue weighted by molar-refractivity contribution is 6.00. The molecule has 0 saturated carbocycles. The normalized spacial score (nSPS) is 20.8. The number of ketones is 1. The van der Waals surface area contributed by atoms with Crippen molar-refractivity contribution < 1.29 is 18.3 Å². The van der Waals surface area contributed by atoms with Gasteiger partial charge in [0.25, 0.3) is 0 Å². The maximum absolute atomic E-state index is 13.3. The second kappa shape index (κ2) is 4.67. The molecule has 1 N–H and O–H groups in total. The highest BCUT2D eigenvalue weighted by atomic mass is 19.1. The van der Waals surface area contributed by atoms with Gasteiger partial charge in [0.2, 0.25) is 0 Å². The van der Waals surface area contributed by atoms with Crippen LogP contribution in [0, 0.1) is 11.6 Å². The number of benzene rings is 1. The summed E-state index contributed by atoms with van der Waals surface area (Å²) in [7, 11) is 0. The Morgan fingerprint density at radius 3 is 2.94 bits per heavy atom. The molecule has 0 spiro atoms. The Morgan fingerprint density at radius 2 is 2.25 bits per heavy atom. The molecule has 0 radical (unpaired) electrons. The fourth-order valence-electron chi connectivity index (χ4n) is 1.61. The van der Waals surface area contributed by atoms with Crippen LogP contribution < -0.4 is 5.32 Å². The predicted octanol–water partition coefficient (Wildman–Crippen LogP) is 1.14. The number of rotatable bonds is 2. The van der Waals surface area contributed by atoms with Crippen molar-refractivity contribution in [1.29, 1.82) is 0 Å². The Kier molecular flexibility index (Phi) is 3.26. The second-order valence-electron chi connectivity index (χ2n) is 3.57. The van der Waals surface area contributed by atoms with Gasteiger partial charge in [-0.2, -0.15) is 0 Å². The van der Waals surface area contributed by atoms with E-state index in [1.807, 2.05) is 0 Å². The van der Waals surface area contributed by atoms with Gasteiger partial charge in [-0.25, -0.2) is 8.78 Å². The smallest absolute Gasteiger partial charge is 0.185 e. The Morgan fingerprint density at radius 1 is 1.44 bits per heavy atom. The molecule has 0 amide bonds. The van der Waals surface area contributed by atoms with Crippen molar-refractivity contribution in [2.45, 2.75) is 6.04 Å². The largest absolute Gasteiger partial charge is 0.378 e. The van der Waals surface area contributed by atoms with Crippen LogP contribution in [0.15, 0.2) is 18.2 Å². The van der Waals surface area contributed by atoms with Crippen LogP contribution in [0.2, 0.25) is 0 Å². The maximum Gasteiger partial charge on any atom is 0.185 e. The molecular weight excluding hydrogens is 216 g/mol. The number of morpholine rings is 1. The SMILES string of the molecule is O=C(c1cc(F)ccc1F)C1COCCN1. The first kappa shape index (κ1) is 11.2. The van der Waals surface area contributed by atoms with Crippen molar-refractivity contribution in [3.63, 3.8) is 0 Å². The molecule has 0 aromatic heterocycles. The van der Waals surface area contributed by atoms with Crippen LogP contribution in [0.25, 0.3) is 0 Å². The van der Waals surface area contributed by atoms with Crippen LogP contribution in [-0.2, 0) is 4.74 Å². The van der Waals surface area contributed by atoms with Crippen LogP contribution in [0.3, 0.4) is 0 Å². The third-order valence-electron chi connectivity index (χ3n) is 2.43. The lowest BCUT2D eigenvalue weighted by Crippen LogP contribution is -2.46. The topological polar surface area (TPSA) is 38.3 Å². The van der Waals surface area contributed by atoms with Crippen molar-refractivity contribution in [2.24, 2.45) is 0 Å². The van der Waals surface area contributed by atoms with Gasteiger partial charge in [0, 0.05) is 6.54 Å². The molecule has 1 aliphatic rings. The lowest BCUT2D eigenvalue weighted by molar-refractivity contribution is 0.0604. The molecule has 1 unspecified atom stereocenters. The average Bonchev–Trinajstić information content (AvgIpc) is 2.32. The Hall–Kier alpha value is -1.33. The fraction of sp³-hybridized carbons (Fsp3) is 0.364. The van der Waals surface area contributed by atoms with Crippen molar-refractivity contribution in [1.82, 2.24) is 5.32 Å². The van der Waals surface area contributed by atoms with Crippen LogP contribution in [0.1, 0.15) is 10.4 Å². The summed E-state index contributed by atoms with van der Waals surface area (Å²) in [5.41, 5.74) is -0.233. The third-order valence-corrected chi connectivity index (χ3v) is 2.43. The zero-order chi connectivity index (χ0) is 11.5. The van der Waals surface area contributed by atoms with Crippen LogP contribution in [0.5, 0.6) is 0 Å². The number of hydrogen-bond donors (Lipinski definition) is 1. The van der Waals surface area contributed by atoms with Crippen molar-refractivity contribution in [3.05, 3.63) is 35.4 Å². The monoisotopic (exact) mass is 227 g/mol. The van der Waals surface area contributed by atoms with Crippen LogP contribution in [-0.4, -0.2) is 31.6 Å². The van der Waals surface area contributed by atoms with Gasteiger partial charge in [-0.05, 0) is 18.2 Å². The van der Waals surface area contributed by atoms with Gasteiger partial charge >= 0.3 is 0 Å². The Bertz CT molecular complexity index is 403. The summed E-state index contributed by atoms with van der Waals surface area (Å²) in [5.74, 6) is -1.81. The standard InChI is InChI=1S/C11H11F2NO2/c12-7-1-2-9(13)8(5-7)11(15)10-6-16-4-3-14-10/h1-2,5,10,14H,3-4,6H2. The van der Waals surface area contributed by atoms with Crippen molar-refractivity contribution in [3.8, 4) is 0 Å². The molecule has 86 valence electrons. The second-order valence-corrected chi connectivity index (χ2v) is 3.57. The molecule has 3 nitrogen and oxygen atoms in total. The van der Waals surface area contributed by atoms with E-state index in [4.69, 9.17) is 4.74 Å². The van der Waals surface area contributed by atoms with Crippen molar-refractivity contribution in [2.75, 3.05) is 19.8 Å². The van der Waals surface area contributed by atoms with Gasteiger partial charge in [-0.15, -0.1) is 0 Å². The molecule has 1 aliphatic heterocycles. The number of nitrogens with one attached hydrogen (secondary N) is 1. The third kappa shape index (κ3) is 2.25. The summed E-state index contributed by atoms with van der Waals surface area (Å²) in [6.45, 7) is 1.25. The van der Waals surface area contributed by atoms with Gasteiger partial charge in [-0.1, -0.05) is 0 Å². The molecule has 1 aromatic rings. The molecule has 1 fully saturated rings. The van der Waals surface area contributed by atoms with E-state index in [9.17, 15) is 13.6 Å². The summed E-state index contributed by atoms with van der Waals surface area (Å²) < 4.78 is 31.3. The van der Waals surface area contributed by atoms with Gasteiger partial charge < -0.3 is 10.1 Å². The number of Topliss-reactive ketones (excluding diaryl/α,β-unsaturated/α-hetero) is 1. The zero-order valence-corrected chi connectivity index (χ0v) is 8.50. The van der Waals surface area contributed by atoms with E-state index in [-0.39, 0.29) is 12.2 Å². The summed E-state index contributed by atoms with van der Waals surface area (Å²) in [6.07, 6.45) is 0. The molecule has 5 heteroatoms. The van der Waals surface area contributed by atoms with E-state index in [1.54, 1.807) is 0 Å². The van der Waals surface area contributed by atoms with E-state index >= 15 is 0 Å². The molecule has 16 heavy (non-hydrogen) atoms. The molecule has 2 rings (SSSR count). The quantitative estimate of drug-likeness (QED) is 0.770. The summed E-state index contributed by atoms with van der Waals surface area (Å²) in [5, 5.41) is 2.90. The maximum atomic E-state index is 13.3. The van der Waals surface area contributed by atoms with Crippen molar-refractivity contribution >= 4 is 5.78 Å². The minimum absolute atomic E-state index is 0.189. The fourth-order valence-corrected chi connectivity index (χ4v) is 1.61. The molecular formula is C11H11F2NO2. The predicted molar refractivity (Wildman–Crippen MR) is 53.3 cm³/mol. The molecule has 1 heterocycles. The lowest BCUT2D eigenvalue weighted by Gasteiger charge is -2.22. The first-order valence-corrected chi connectivity index (χ1v) is 4.99. The molecule has 0 bridgehead atoms. The van der Waals surface area contributed by atoms with Crippen LogP contribution in [0.4, 0.5) is 8.78 Å². The van der Waals surface area contributed by atoms with Gasteiger partial charge in [0.05, 0.1) is 24.8 Å².